The van der Waals surface area contributed by atoms with E-state index in [2.05, 4.69) is 5.32 Å². The van der Waals surface area contributed by atoms with E-state index in [9.17, 15) is 18.0 Å². The van der Waals surface area contributed by atoms with Crippen LogP contribution in [0.3, 0.4) is 0 Å². The summed E-state index contributed by atoms with van der Waals surface area (Å²) >= 11 is 0. The summed E-state index contributed by atoms with van der Waals surface area (Å²) in [5.74, 6) is -0.854. The molecular formula is C27H29NO7S. The molecule has 0 aromatic heterocycles. The van der Waals surface area contributed by atoms with E-state index in [4.69, 9.17) is 13.7 Å². The number of carbonyl (C=O) groups is 2. The van der Waals surface area contributed by atoms with Crippen molar-refractivity contribution in [2.45, 2.75) is 37.7 Å². The molecule has 36 heavy (non-hydrogen) atoms. The number of hydrogen-bond donors (Lipinski definition) is 1. The molecule has 9 heteroatoms. The highest BCUT2D eigenvalue weighted by molar-refractivity contribution is 7.87. The quantitative estimate of drug-likeness (QED) is 0.293. The van der Waals surface area contributed by atoms with Gasteiger partial charge < -0.3 is 19.0 Å². The maximum Gasteiger partial charge on any atom is 0.407 e. The van der Waals surface area contributed by atoms with Crippen LogP contribution < -0.4 is 9.50 Å². The molecule has 0 spiro atoms. The number of carbonyl (C=O) groups excluding carboxylic acids is 2. The van der Waals surface area contributed by atoms with E-state index in [1.807, 2.05) is 37.3 Å². The molecule has 0 heterocycles. The Morgan fingerprint density at radius 1 is 0.917 bits per heavy atom. The maximum atomic E-state index is 12.7. The molecule has 0 aliphatic carbocycles. The summed E-state index contributed by atoms with van der Waals surface area (Å²) in [5, 5.41) is 2.67. The molecule has 3 aromatic carbocycles. The predicted molar refractivity (Wildman–Crippen MR) is 134 cm³/mol. The molecular weight excluding hydrogens is 482 g/mol. The van der Waals surface area contributed by atoms with Gasteiger partial charge in [0.2, 0.25) is 0 Å². The highest BCUT2D eigenvalue weighted by Crippen LogP contribution is 2.26. The Morgan fingerprint density at radius 3 is 2.33 bits per heavy atom. The number of esters is 1. The van der Waals surface area contributed by atoms with Crippen LogP contribution in [0, 0.1) is 6.92 Å². The number of alkyl carbamates (subject to hydrolysis) is 1. The van der Waals surface area contributed by atoms with E-state index in [0.29, 0.717) is 5.56 Å². The third-order valence-corrected chi connectivity index (χ3v) is 6.53. The van der Waals surface area contributed by atoms with Crippen molar-refractivity contribution >= 4 is 22.2 Å². The predicted octanol–water partition coefficient (Wildman–Crippen LogP) is 4.73. The van der Waals surface area contributed by atoms with Crippen molar-refractivity contribution in [2.75, 3.05) is 13.2 Å². The summed E-state index contributed by atoms with van der Waals surface area (Å²) in [4.78, 5) is 24.5. The zero-order valence-electron chi connectivity index (χ0n) is 20.2. The number of amides is 1. The molecule has 0 radical (unpaired) electrons. The number of aryl methyl sites for hydroxylation is 1. The lowest BCUT2D eigenvalue weighted by molar-refractivity contribution is -0.143. The number of ether oxygens (including phenoxy) is 2. The van der Waals surface area contributed by atoms with Crippen LogP contribution in [0.2, 0.25) is 0 Å². The Morgan fingerprint density at radius 2 is 1.64 bits per heavy atom. The second-order valence-electron chi connectivity index (χ2n) is 8.07. The second kappa shape index (κ2) is 12.7. The van der Waals surface area contributed by atoms with E-state index < -0.39 is 28.1 Å². The van der Waals surface area contributed by atoms with Crippen molar-refractivity contribution in [1.82, 2.24) is 5.32 Å². The molecule has 1 N–H and O–H groups in total. The van der Waals surface area contributed by atoms with Crippen LogP contribution in [0.4, 0.5) is 4.79 Å². The number of benzene rings is 3. The summed E-state index contributed by atoms with van der Waals surface area (Å²) in [6.45, 7) is 3.96. The average molecular weight is 512 g/mol. The van der Waals surface area contributed by atoms with Gasteiger partial charge in [0.05, 0.1) is 13.0 Å². The summed E-state index contributed by atoms with van der Waals surface area (Å²) in [6.07, 6.45) is -0.664. The van der Waals surface area contributed by atoms with Crippen molar-refractivity contribution < 1.29 is 31.7 Å². The van der Waals surface area contributed by atoms with Crippen LogP contribution in [0.25, 0.3) is 0 Å². The monoisotopic (exact) mass is 511 g/mol. The summed E-state index contributed by atoms with van der Waals surface area (Å²) in [5.41, 5.74) is 2.37. The summed E-state index contributed by atoms with van der Waals surface area (Å²) < 4.78 is 41.0. The minimum atomic E-state index is -4.05. The molecule has 190 valence electrons. The zero-order valence-corrected chi connectivity index (χ0v) is 21.0. The molecule has 0 aliphatic heterocycles. The average Bonchev–Trinajstić information content (AvgIpc) is 2.86. The summed E-state index contributed by atoms with van der Waals surface area (Å²) in [6, 6.07) is 22.0. The van der Waals surface area contributed by atoms with Crippen molar-refractivity contribution in [3.05, 3.63) is 95.6 Å². The summed E-state index contributed by atoms with van der Waals surface area (Å²) in [7, 11) is -4.05. The van der Waals surface area contributed by atoms with Gasteiger partial charge in [-0.25, -0.2) is 4.79 Å². The van der Waals surface area contributed by atoms with E-state index in [-0.39, 0.29) is 36.8 Å². The topological polar surface area (TPSA) is 108 Å². The largest absolute Gasteiger partial charge is 0.466 e. The number of hydrogen-bond acceptors (Lipinski definition) is 7. The van der Waals surface area contributed by atoms with Crippen LogP contribution in [0.15, 0.2) is 83.8 Å². The van der Waals surface area contributed by atoms with Gasteiger partial charge in [-0.15, -0.1) is 0 Å². The molecule has 3 rings (SSSR count). The Bertz CT molecular complexity index is 1260. The van der Waals surface area contributed by atoms with Crippen molar-refractivity contribution in [3.63, 3.8) is 0 Å². The van der Waals surface area contributed by atoms with E-state index >= 15 is 0 Å². The van der Waals surface area contributed by atoms with Gasteiger partial charge in [0.25, 0.3) is 0 Å². The Labute approximate surface area is 211 Å². The molecule has 0 fully saturated rings. The smallest absolute Gasteiger partial charge is 0.407 e. The van der Waals surface area contributed by atoms with Gasteiger partial charge in [-0.05, 0) is 49.2 Å². The highest BCUT2D eigenvalue weighted by Gasteiger charge is 2.21. The first-order valence-corrected chi connectivity index (χ1v) is 12.9. The molecule has 1 amide bonds. The van der Waals surface area contributed by atoms with Gasteiger partial charge >= 0.3 is 22.2 Å². The van der Waals surface area contributed by atoms with Gasteiger partial charge in [0.15, 0.2) is 0 Å². The van der Waals surface area contributed by atoms with Gasteiger partial charge in [0, 0.05) is 12.5 Å². The van der Waals surface area contributed by atoms with E-state index in [1.54, 1.807) is 31.2 Å². The third kappa shape index (κ3) is 8.13. The minimum Gasteiger partial charge on any atom is -0.466 e. The van der Waals surface area contributed by atoms with Crippen LogP contribution in [-0.4, -0.2) is 33.6 Å². The molecule has 0 aliphatic rings. The molecule has 0 bridgehead atoms. The van der Waals surface area contributed by atoms with Crippen LogP contribution in [0.5, 0.6) is 5.75 Å². The van der Waals surface area contributed by atoms with Crippen molar-refractivity contribution in [3.8, 4) is 5.75 Å². The lowest BCUT2D eigenvalue weighted by Crippen LogP contribution is -2.30. The zero-order chi connectivity index (χ0) is 26.0. The molecule has 0 saturated carbocycles. The number of nitrogens with one attached hydrogen (secondary N) is 1. The van der Waals surface area contributed by atoms with E-state index in [1.165, 1.54) is 24.3 Å². The first kappa shape index (κ1) is 26.7. The first-order chi connectivity index (χ1) is 17.3. The standard InChI is InChI=1S/C27H29NO7S/c1-3-33-26(29)17-23(18-28-27(30)34-19-21-8-5-4-6-9-21)22-10-7-11-24(16-22)35-36(31,32)25-14-12-20(2)13-15-25/h4-16,23H,3,17-19H2,1-2H3,(H,28,30). The fourth-order valence-corrected chi connectivity index (χ4v) is 4.33. The Balaban J connectivity index is 1.71. The second-order valence-corrected chi connectivity index (χ2v) is 9.62. The van der Waals surface area contributed by atoms with Crippen molar-refractivity contribution in [1.29, 1.82) is 0 Å². The molecule has 3 aromatic rings. The Kier molecular flexibility index (Phi) is 9.46. The fourth-order valence-electron chi connectivity index (χ4n) is 3.41. The van der Waals surface area contributed by atoms with Crippen LogP contribution in [0.1, 0.15) is 36.0 Å². The first-order valence-electron chi connectivity index (χ1n) is 11.5. The Hall–Kier alpha value is -3.85. The van der Waals surface area contributed by atoms with E-state index in [0.717, 1.165) is 11.1 Å². The molecule has 0 saturated heterocycles. The minimum absolute atomic E-state index is 0.0268. The SMILES string of the molecule is CCOC(=O)CC(CNC(=O)OCc1ccccc1)c1cccc(OS(=O)(=O)c2ccc(C)cc2)c1. The lowest BCUT2D eigenvalue weighted by Gasteiger charge is -2.18. The van der Waals surface area contributed by atoms with Gasteiger partial charge in [-0.1, -0.05) is 60.2 Å². The molecule has 1 atom stereocenters. The molecule has 1 unspecified atom stereocenters. The molecule has 8 nitrogen and oxygen atoms in total. The van der Waals surface area contributed by atoms with Gasteiger partial charge in [-0.2, -0.15) is 8.42 Å². The van der Waals surface area contributed by atoms with Gasteiger partial charge in [0.1, 0.15) is 17.3 Å². The van der Waals surface area contributed by atoms with Gasteiger partial charge in [-0.3, -0.25) is 4.79 Å². The van der Waals surface area contributed by atoms with Crippen LogP contribution in [-0.2, 0) is 31.0 Å². The lowest BCUT2D eigenvalue weighted by atomic mass is 9.95. The highest BCUT2D eigenvalue weighted by atomic mass is 32.2. The maximum absolute atomic E-state index is 12.7. The van der Waals surface area contributed by atoms with Crippen molar-refractivity contribution in [2.24, 2.45) is 0 Å². The third-order valence-electron chi connectivity index (χ3n) is 5.27. The fraction of sp³-hybridized carbons (Fsp3) is 0.259. The normalized spacial score (nSPS) is 11.8. The van der Waals surface area contributed by atoms with Crippen LogP contribution >= 0.6 is 0 Å². The number of rotatable bonds is 11.